The molecule has 1 rings (SSSR count). The number of aryl methyl sites for hydroxylation is 2. The third kappa shape index (κ3) is 9.65. The predicted octanol–water partition coefficient (Wildman–Crippen LogP) is 2.51. The molecule has 1 aromatic heterocycles. The van der Waals surface area contributed by atoms with Crippen molar-refractivity contribution in [2.75, 3.05) is 6.61 Å². The van der Waals surface area contributed by atoms with Crippen LogP contribution in [0, 0.1) is 13.8 Å². The Labute approximate surface area is 109 Å². The summed E-state index contributed by atoms with van der Waals surface area (Å²) in [4.78, 5) is 21.1. The minimum Gasteiger partial charge on any atom is -0.468 e. The van der Waals surface area contributed by atoms with Crippen LogP contribution in [-0.4, -0.2) is 28.0 Å². The van der Waals surface area contributed by atoms with Crippen LogP contribution in [0.25, 0.3) is 0 Å². The molecule has 5 nitrogen and oxygen atoms in total. The lowest BCUT2D eigenvalue weighted by Crippen LogP contribution is -1.80. The van der Waals surface area contributed by atoms with Crippen LogP contribution in [0.5, 0.6) is 0 Å². The summed E-state index contributed by atoms with van der Waals surface area (Å²) in [5, 5.41) is 2.15. The van der Waals surface area contributed by atoms with E-state index in [9.17, 15) is 4.79 Å². The molecule has 0 saturated carbocycles. The topological polar surface area (TPSA) is 65.0 Å². The highest BCUT2D eigenvalue weighted by atomic mass is 35.5. The molecule has 1 aromatic rings. The molecule has 0 N–H and O–H groups in total. The van der Waals surface area contributed by atoms with Crippen LogP contribution in [-0.2, 0) is 9.53 Å². The van der Waals surface area contributed by atoms with E-state index in [1.807, 2.05) is 13.8 Å². The highest BCUT2D eigenvalue weighted by Gasteiger charge is 1.85. The fourth-order valence-electron chi connectivity index (χ4n) is 0.677. The minimum absolute atomic E-state index is 0.341. The molecule has 0 aliphatic heterocycles. The summed E-state index contributed by atoms with van der Waals surface area (Å²) in [6.07, 6.45) is 2.93. The largest absolute Gasteiger partial charge is 0.468 e. The van der Waals surface area contributed by atoms with E-state index in [2.05, 4.69) is 19.7 Å². The smallest absolute Gasteiger partial charge is 0.293 e. The van der Waals surface area contributed by atoms with Crippen LogP contribution in [0.4, 0.5) is 0 Å². The molecule has 0 aliphatic rings. The molecule has 7 heteroatoms. The Bertz CT molecular complexity index is 397. The standard InChI is InChI=1S/C7H8ClN3S.C3H6O2/c1-5-9-3-7(8)11-4-10-6(2)12-5;1-2-5-3-4/h3-4H,1-2H3;3H,2H2,1H3. The monoisotopic (exact) mass is 275 g/mol. The molecule has 0 saturated heterocycles. The number of carbonyl (C=O) groups is 1. The molecular weight excluding hydrogens is 262 g/mol. The molecule has 0 fully saturated rings. The molecule has 0 radical (unpaired) electrons. The lowest BCUT2D eigenvalue weighted by molar-refractivity contribution is -0.128. The van der Waals surface area contributed by atoms with Crippen molar-refractivity contribution < 1.29 is 9.53 Å². The summed E-state index contributed by atoms with van der Waals surface area (Å²) in [6, 6.07) is 0. The van der Waals surface area contributed by atoms with Crippen molar-refractivity contribution >= 4 is 29.4 Å². The lowest BCUT2D eigenvalue weighted by Gasteiger charge is -1.82. The third-order valence-corrected chi connectivity index (χ3v) is 2.30. The number of ether oxygens (including phenoxy) is 1. The van der Waals surface area contributed by atoms with Crippen LogP contribution >= 0.6 is 22.9 Å². The Hall–Kier alpha value is -1.27. The van der Waals surface area contributed by atoms with E-state index in [-0.39, 0.29) is 0 Å². The number of hydrogen-bond acceptors (Lipinski definition) is 6. The molecule has 17 heavy (non-hydrogen) atoms. The van der Waals surface area contributed by atoms with Crippen molar-refractivity contribution in [3.63, 3.8) is 0 Å². The van der Waals surface area contributed by atoms with Gasteiger partial charge in [0.05, 0.1) is 22.8 Å². The van der Waals surface area contributed by atoms with Gasteiger partial charge in [-0.05, 0) is 20.8 Å². The van der Waals surface area contributed by atoms with E-state index < -0.39 is 0 Å². The molecule has 0 aromatic carbocycles. The molecule has 0 bridgehead atoms. The number of aromatic nitrogens is 3. The average Bonchev–Trinajstić information content (AvgIpc) is 2.34. The predicted molar refractivity (Wildman–Crippen MR) is 67.5 cm³/mol. The van der Waals surface area contributed by atoms with Crippen molar-refractivity contribution in [2.45, 2.75) is 20.8 Å². The fourth-order valence-corrected chi connectivity index (χ4v) is 1.40. The van der Waals surface area contributed by atoms with E-state index in [0.29, 0.717) is 18.2 Å². The van der Waals surface area contributed by atoms with Gasteiger partial charge in [0.15, 0.2) is 0 Å². The van der Waals surface area contributed by atoms with Gasteiger partial charge in [-0.2, -0.15) is 0 Å². The first-order chi connectivity index (χ1) is 8.10. The van der Waals surface area contributed by atoms with Crippen molar-refractivity contribution in [1.29, 1.82) is 0 Å². The molecule has 0 aliphatic carbocycles. The number of nitrogens with zero attached hydrogens (tertiary/aromatic N) is 3. The maximum Gasteiger partial charge on any atom is 0.293 e. The summed E-state index contributed by atoms with van der Waals surface area (Å²) in [5.74, 6) is 0. The zero-order chi connectivity index (χ0) is 13.1. The summed E-state index contributed by atoms with van der Waals surface area (Å²) in [7, 11) is 0. The zero-order valence-electron chi connectivity index (χ0n) is 9.88. The third-order valence-electron chi connectivity index (χ3n) is 1.30. The van der Waals surface area contributed by atoms with Gasteiger partial charge in [0.1, 0.15) is 11.5 Å². The van der Waals surface area contributed by atoms with Gasteiger partial charge in [-0.15, -0.1) is 11.3 Å². The summed E-state index contributed by atoms with van der Waals surface area (Å²) in [6.45, 7) is 6.46. The molecule has 0 atom stereocenters. The Balaban J connectivity index is 0.000000437. The minimum atomic E-state index is 0.341. The Kier molecular flexibility index (Phi) is 9.18. The average molecular weight is 276 g/mol. The second kappa shape index (κ2) is 9.92. The van der Waals surface area contributed by atoms with Gasteiger partial charge < -0.3 is 4.74 Å². The van der Waals surface area contributed by atoms with E-state index >= 15 is 0 Å². The maximum atomic E-state index is 9.18. The highest BCUT2D eigenvalue weighted by molar-refractivity contribution is 7.10. The second-order valence-electron chi connectivity index (χ2n) is 2.65. The van der Waals surface area contributed by atoms with Crippen molar-refractivity contribution in [3.05, 3.63) is 27.7 Å². The Morgan fingerprint density at radius 1 is 1.35 bits per heavy atom. The molecule has 0 spiro atoms. The fraction of sp³-hybridized carbons (Fsp3) is 0.400. The van der Waals surface area contributed by atoms with Crippen molar-refractivity contribution in [1.82, 2.24) is 15.0 Å². The normalized spacial score (nSPS) is 8.47. The van der Waals surface area contributed by atoms with Crippen LogP contribution < -0.4 is 0 Å². The lowest BCUT2D eigenvalue weighted by atomic mass is 10.8. The van der Waals surface area contributed by atoms with E-state index in [1.54, 1.807) is 6.92 Å². The van der Waals surface area contributed by atoms with Crippen LogP contribution in [0.3, 0.4) is 0 Å². The van der Waals surface area contributed by atoms with Crippen LogP contribution in [0.1, 0.15) is 16.9 Å². The quantitative estimate of drug-likeness (QED) is 0.776. The van der Waals surface area contributed by atoms with Gasteiger partial charge in [0.25, 0.3) is 6.47 Å². The van der Waals surface area contributed by atoms with Gasteiger partial charge in [-0.3, -0.25) is 4.79 Å². The molecule has 1 heterocycles. The van der Waals surface area contributed by atoms with Gasteiger partial charge >= 0.3 is 0 Å². The Morgan fingerprint density at radius 2 is 2.00 bits per heavy atom. The summed E-state index contributed by atoms with van der Waals surface area (Å²) >= 11 is 7.15. The first-order valence-electron chi connectivity index (χ1n) is 4.80. The molecule has 0 unspecified atom stereocenters. The van der Waals surface area contributed by atoms with Crippen molar-refractivity contribution in [3.8, 4) is 0 Å². The molecular formula is C10H14ClN3O2S. The van der Waals surface area contributed by atoms with Crippen molar-refractivity contribution in [2.24, 2.45) is 0 Å². The maximum absolute atomic E-state index is 9.18. The van der Waals surface area contributed by atoms with Crippen LogP contribution in [0.2, 0.25) is 5.15 Å². The number of carbonyl (C=O) groups excluding carboxylic acids is 1. The second-order valence-corrected chi connectivity index (χ2v) is 4.42. The number of halogens is 1. The Morgan fingerprint density at radius 3 is 2.53 bits per heavy atom. The van der Waals surface area contributed by atoms with E-state index in [4.69, 9.17) is 11.6 Å². The van der Waals surface area contributed by atoms with E-state index in [0.717, 1.165) is 10.0 Å². The van der Waals surface area contributed by atoms with Crippen LogP contribution in [0.15, 0.2) is 12.5 Å². The van der Waals surface area contributed by atoms with Gasteiger partial charge in [-0.1, -0.05) is 11.6 Å². The number of rotatable bonds is 2. The summed E-state index contributed by atoms with van der Waals surface area (Å²) in [5.41, 5.74) is 0. The summed E-state index contributed by atoms with van der Waals surface area (Å²) < 4.78 is 4.15. The molecule has 0 amide bonds. The van der Waals surface area contributed by atoms with Gasteiger partial charge in [-0.25, -0.2) is 15.0 Å². The first-order valence-corrected chi connectivity index (χ1v) is 5.99. The zero-order valence-corrected chi connectivity index (χ0v) is 11.5. The number of hydrogen-bond donors (Lipinski definition) is 0. The first kappa shape index (κ1) is 15.7. The molecule has 94 valence electrons. The van der Waals surface area contributed by atoms with Gasteiger partial charge in [0, 0.05) is 0 Å². The van der Waals surface area contributed by atoms with E-state index in [1.165, 1.54) is 23.9 Å². The SMILES string of the molecule is CCOC=O.Cc1ncnc(Cl)cnc(C)s1. The van der Waals surface area contributed by atoms with Gasteiger partial charge in [0.2, 0.25) is 0 Å². The highest BCUT2D eigenvalue weighted by Crippen LogP contribution is 2.03.